The number of allylic oxidation sites excluding steroid dienone is 1. The molecule has 0 radical (unpaired) electrons. The zero-order valence-electron chi connectivity index (χ0n) is 4.92. The second-order valence-corrected chi connectivity index (χ2v) is 1.01. The summed E-state index contributed by atoms with van der Waals surface area (Å²) in [5.41, 5.74) is 4.57. The van der Waals surface area contributed by atoms with Gasteiger partial charge in [0, 0.05) is 0 Å². The number of rotatable bonds is 1. The van der Waals surface area contributed by atoms with Crippen LogP contribution in [0, 0.1) is 0 Å². The van der Waals surface area contributed by atoms with Gasteiger partial charge in [0.15, 0.2) is 0 Å². The van der Waals surface area contributed by atoms with Gasteiger partial charge >= 0.3 is 5.97 Å². The molecule has 0 amide bonds. The molecule has 0 heterocycles. The Hall–Kier alpha value is -0.830. The highest BCUT2D eigenvalue weighted by Gasteiger charge is 1.81. The SMILES string of the molecule is C=CC.NCC(=O)O. The molecule has 0 aliphatic rings. The molecule has 0 bridgehead atoms. The van der Waals surface area contributed by atoms with E-state index in [1.165, 1.54) is 0 Å². The molecule has 0 saturated heterocycles. The highest BCUT2D eigenvalue weighted by molar-refractivity contribution is 5.68. The zero-order chi connectivity index (χ0) is 6.99. The highest BCUT2D eigenvalue weighted by Crippen LogP contribution is 1.43. The maximum Gasteiger partial charge on any atom is 0.317 e. The zero-order valence-corrected chi connectivity index (χ0v) is 4.92. The number of carboxylic acids is 1. The second kappa shape index (κ2) is 9.48. The molecule has 0 aliphatic carbocycles. The average molecular weight is 117 g/mol. The van der Waals surface area contributed by atoms with Gasteiger partial charge in [-0.15, -0.1) is 6.58 Å². The summed E-state index contributed by atoms with van der Waals surface area (Å²) in [6, 6.07) is 0. The monoisotopic (exact) mass is 117 g/mol. The lowest BCUT2D eigenvalue weighted by molar-refractivity contribution is -0.135. The van der Waals surface area contributed by atoms with Crippen molar-refractivity contribution in [3.05, 3.63) is 12.7 Å². The molecule has 0 atom stereocenters. The Bertz CT molecular complexity index is 70.8. The van der Waals surface area contributed by atoms with Crippen molar-refractivity contribution in [3.8, 4) is 0 Å². The lowest BCUT2D eigenvalue weighted by Gasteiger charge is -1.73. The average Bonchev–Trinajstić information content (AvgIpc) is 1.69. The lowest BCUT2D eigenvalue weighted by atomic mass is 10.7. The van der Waals surface area contributed by atoms with Crippen molar-refractivity contribution in [2.75, 3.05) is 6.54 Å². The number of carbonyl (C=O) groups is 1. The summed E-state index contributed by atoms with van der Waals surface area (Å²) in [6.07, 6.45) is 1.75. The Balaban J connectivity index is 0. The minimum absolute atomic E-state index is 0.278. The van der Waals surface area contributed by atoms with E-state index in [1.54, 1.807) is 6.08 Å². The Morgan fingerprint density at radius 1 is 2.00 bits per heavy atom. The lowest BCUT2D eigenvalue weighted by Crippen LogP contribution is -2.10. The first kappa shape index (κ1) is 10.2. The van der Waals surface area contributed by atoms with E-state index in [0.29, 0.717) is 0 Å². The van der Waals surface area contributed by atoms with Crippen LogP contribution in [0.5, 0.6) is 0 Å². The van der Waals surface area contributed by atoms with E-state index in [1.807, 2.05) is 6.92 Å². The van der Waals surface area contributed by atoms with Crippen molar-refractivity contribution in [2.24, 2.45) is 5.73 Å². The van der Waals surface area contributed by atoms with Gasteiger partial charge in [-0.1, -0.05) is 6.08 Å². The number of nitrogens with two attached hydrogens (primary N) is 1. The quantitative estimate of drug-likeness (QED) is 0.483. The third-order valence-corrected chi connectivity index (χ3v) is 0.175. The van der Waals surface area contributed by atoms with Gasteiger partial charge in [-0.3, -0.25) is 4.79 Å². The standard InChI is InChI=1S/C3H6.C2H5NO2/c1-3-2;3-1-2(4)5/h3H,1H2,2H3;1,3H2,(H,4,5). The molecule has 0 unspecified atom stereocenters. The third-order valence-electron chi connectivity index (χ3n) is 0.175. The second-order valence-electron chi connectivity index (χ2n) is 1.01. The van der Waals surface area contributed by atoms with E-state index < -0.39 is 5.97 Å². The van der Waals surface area contributed by atoms with Crippen LogP contribution in [0.1, 0.15) is 6.92 Å². The largest absolute Gasteiger partial charge is 0.480 e. The Kier molecular flexibility index (Phi) is 12.1. The fourth-order valence-electron chi connectivity index (χ4n) is 0. The molecule has 0 rings (SSSR count). The molecular weight excluding hydrogens is 106 g/mol. The maximum absolute atomic E-state index is 9.24. The van der Waals surface area contributed by atoms with E-state index in [9.17, 15) is 4.79 Å². The fraction of sp³-hybridized carbons (Fsp3) is 0.400. The Labute approximate surface area is 48.8 Å². The topological polar surface area (TPSA) is 63.3 Å². The molecule has 0 aromatic heterocycles. The van der Waals surface area contributed by atoms with E-state index in [4.69, 9.17) is 5.11 Å². The molecule has 0 aliphatic heterocycles. The first-order chi connectivity index (χ1) is 3.68. The van der Waals surface area contributed by atoms with Crippen LogP contribution < -0.4 is 5.73 Å². The fourth-order valence-corrected chi connectivity index (χ4v) is 0. The van der Waals surface area contributed by atoms with Crippen LogP contribution in [-0.4, -0.2) is 17.6 Å². The first-order valence-electron chi connectivity index (χ1n) is 2.18. The summed E-state index contributed by atoms with van der Waals surface area (Å²) in [5.74, 6) is -0.968. The van der Waals surface area contributed by atoms with Crippen LogP contribution in [0.3, 0.4) is 0 Å². The van der Waals surface area contributed by atoms with Crippen LogP contribution >= 0.6 is 0 Å². The molecule has 3 N–H and O–H groups in total. The number of carboxylic acid groups (broad SMARTS) is 1. The van der Waals surface area contributed by atoms with Crippen molar-refractivity contribution >= 4 is 5.97 Å². The molecular formula is C5H11NO2. The van der Waals surface area contributed by atoms with Crippen LogP contribution in [-0.2, 0) is 4.79 Å². The van der Waals surface area contributed by atoms with Gasteiger partial charge in [0.25, 0.3) is 0 Å². The van der Waals surface area contributed by atoms with Crippen molar-refractivity contribution in [2.45, 2.75) is 6.92 Å². The van der Waals surface area contributed by atoms with Crippen LogP contribution in [0.2, 0.25) is 0 Å². The van der Waals surface area contributed by atoms with Gasteiger partial charge in [-0.2, -0.15) is 0 Å². The van der Waals surface area contributed by atoms with Crippen molar-refractivity contribution in [1.29, 1.82) is 0 Å². The van der Waals surface area contributed by atoms with Gasteiger partial charge in [-0.25, -0.2) is 0 Å². The molecule has 0 aromatic carbocycles. The number of aliphatic carboxylic acids is 1. The minimum atomic E-state index is -0.968. The van der Waals surface area contributed by atoms with Gasteiger partial charge in [-0.05, 0) is 6.92 Å². The molecule has 0 spiro atoms. The van der Waals surface area contributed by atoms with Gasteiger partial charge in [0.05, 0.1) is 6.54 Å². The Morgan fingerprint density at radius 3 is 2.12 bits per heavy atom. The van der Waals surface area contributed by atoms with Gasteiger partial charge in [0.2, 0.25) is 0 Å². The minimum Gasteiger partial charge on any atom is -0.480 e. The molecule has 0 saturated carbocycles. The smallest absolute Gasteiger partial charge is 0.317 e. The molecule has 8 heavy (non-hydrogen) atoms. The molecule has 0 aromatic rings. The summed E-state index contributed by atoms with van der Waals surface area (Å²) in [4.78, 5) is 9.24. The van der Waals surface area contributed by atoms with Crippen LogP contribution in [0.25, 0.3) is 0 Å². The summed E-state index contributed by atoms with van der Waals surface area (Å²) in [5, 5.41) is 7.60. The van der Waals surface area contributed by atoms with Crippen LogP contribution in [0.4, 0.5) is 0 Å². The predicted molar refractivity (Wildman–Crippen MR) is 32.6 cm³/mol. The molecule has 0 fully saturated rings. The first-order valence-corrected chi connectivity index (χ1v) is 2.18. The summed E-state index contributed by atoms with van der Waals surface area (Å²) in [7, 11) is 0. The third kappa shape index (κ3) is 65.7. The summed E-state index contributed by atoms with van der Waals surface area (Å²) in [6.45, 7) is 4.97. The molecule has 3 nitrogen and oxygen atoms in total. The molecule has 48 valence electrons. The Morgan fingerprint density at radius 2 is 2.12 bits per heavy atom. The van der Waals surface area contributed by atoms with Crippen molar-refractivity contribution in [3.63, 3.8) is 0 Å². The highest BCUT2D eigenvalue weighted by atomic mass is 16.4. The van der Waals surface area contributed by atoms with Crippen molar-refractivity contribution < 1.29 is 9.90 Å². The van der Waals surface area contributed by atoms with E-state index >= 15 is 0 Å². The van der Waals surface area contributed by atoms with E-state index in [2.05, 4.69) is 12.3 Å². The van der Waals surface area contributed by atoms with Gasteiger partial charge < -0.3 is 10.8 Å². The van der Waals surface area contributed by atoms with Crippen LogP contribution in [0.15, 0.2) is 12.7 Å². The number of hydrogen-bond acceptors (Lipinski definition) is 2. The normalized spacial score (nSPS) is 6.25. The van der Waals surface area contributed by atoms with Crippen molar-refractivity contribution in [1.82, 2.24) is 0 Å². The maximum atomic E-state index is 9.24. The number of hydrogen-bond donors (Lipinski definition) is 2. The van der Waals surface area contributed by atoms with E-state index in [0.717, 1.165) is 0 Å². The predicted octanol–water partition coefficient (Wildman–Crippen LogP) is 0.222. The summed E-state index contributed by atoms with van der Waals surface area (Å²) >= 11 is 0. The molecule has 3 heteroatoms. The summed E-state index contributed by atoms with van der Waals surface area (Å²) < 4.78 is 0. The van der Waals surface area contributed by atoms with E-state index in [-0.39, 0.29) is 6.54 Å². The van der Waals surface area contributed by atoms with Gasteiger partial charge in [0.1, 0.15) is 0 Å².